The van der Waals surface area contributed by atoms with Gasteiger partial charge in [0.25, 0.3) is 0 Å². The van der Waals surface area contributed by atoms with E-state index in [0.717, 1.165) is 6.21 Å². The van der Waals surface area contributed by atoms with Crippen LogP contribution in [0.3, 0.4) is 0 Å². The lowest BCUT2D eigenvalue weighted by atomic mass is 10.2. The van der Waals surface area contributed by atoms with Gasteiger partial charge in [0, 0.05) is 18.0 Å². The minimum Gasteiger partial charge on any atom is -0.323 e. The molecule has 6 heteroatoms. The van der Waals surface area contributed by atoms with Crippen LogP contribution in [-0.4, -0.2) is 16.9 Å². The quantitative estimate of drug-likeness (QED) is 0.342. The summed E-state index contributed by atoms with van der Waals surface area (Å²) in [6.07, 6.45) is 2.41. The Morgan fingerprint density at radius 1 is 1.62 bits per heavy atom. The molecule has 0 saturated carbocycles. The first-order chi connectivity index (χ1) is 6.19. The number of aromatic nitrogens is 1. The predicted octanol–water partition coefficient (Wildman–Crippen LogP) is 1.70. The highest BCUT2D eigenvalue weighted by Crippen LogP contribution is 2.18. The second-order valence-electron chi connectivity index (χ2n) is 2.15. The Labute approximate surface area is 84.9 Å². The molecule has 0 saturated heterocycles. The summed E-state index contributed by atoms with van der Waals surface area (Å²) in [5.74, 6) is 5.04. The van der Waals surface area contributed by atoms with Crippen LogP contribution in [0, 0.1) is 5.41 Å². The molecule has 4 nitrogen and oxygen atoms in total. The van der Waals surface area contributed by atoms with Gasteiger partial charge in [0.1, 0.15) is 10.9 Å². The molecular formula is C7H6Cl2N4. The van der Waals surface area contributed by atoms with E-state index < -0.39 is 0 Å². The number of rotatable bonds is 2. The van der Waals surface area contributed by atoms with Crippen molar-refractivity contribution in [1.82, 2.24) is 4.98 Å². The SMILES string of the molecule is N=CC(=NN)c1cnc(Cl)cc1Cl. The zero-order valence-corrected chi connectivity index (χ0v) is 7.97. The number of hydrogen-bond acceptors (Lipinski definition) is 4. The molecule has 68 valence electrons. The Morgan fingerprint density at radius 3 is 2.77 bits per heavy atom. The van der Waals surface area contributed by atoms with Crippen molar-refractivity contribution in [3.8, 4) is 0 Å². The van der Waals surface area contributed by atoms with Crippen LogP contribution in [-0.2, 0) is 0 Å². The van der Waals surface area contributed by atoms with Gasteiger partial charge in [-0.15, -0.1) is 0 Å². The maximum atomic E-state index is 6.99. The van der Waals surface area contributed by atoms with E-state index in [1.807, 2.05) is 0 Å². The van der Waals surface area contributed by atoms with Crippen molar-refractivity contribution < 1.29 is 0 Å². The van der Waals surface area contributed by atoms with Gasteiger partial charge in [-0.3, -0.25) is 0 Å². The van der Waals surface area contributed by atoms with Crippen molar-refractivity contribution in [2.75, 3.05) is 0 Å². The highest BCUT2D eigenvalue weighted by molar-refractivity contribution is 6.44. The van der Waals surface area contributed by atoms with Gasteiger partial charge in [-0.05, 0) is 6.07 Å². The second-order valence-corrected chi connectivity index (χ2v) is 2.94. The molecule has 0 fully saturated rings. The average molecular weight is 217 g/mol. The Bertz CT molecular complexity index is 362. The molecule has 1 aromatic rings. The molecule has 0 unspecified atom stereocenters. The number of nitrogens with two attached hydrogens (primary N) is 1. The van der Waals surface area contributed by atoms with Crippen LogP contribution >= 0.6 is 23.2 Å². The van der Waals surface area contributed by atoms with E-state index in [4.69, 9.17) is 34.5 Å². The molecule has 1 heterocycles. The van der Waals surface area contributed by atoms with Gasteiger partial charge in [0.15, 0.2) is 0 Å². The Kier molecular flexibility index (Phi) is 3.22. The van der Waals surface area contributed by atoms with Gasteiger partial charge in [-0.25, -0.2) is 4.98 Å². The number of nitrogens with one attached hydrogen (secondary N) is 1. The van der Waals surface area contributed by atoms with Crippen LogP contribution in [0.25, 0.3) is 0 Å². The molecule has 0 radical (unpaired) electrons. The minimum atomic E-state index is 0.258. The van der Waals surface area contributed by atoms with Crippen molar-refractivity contribution in [2.45, 2.75) is 0 Å². The molecule has 13 heavy (non-hydrogen) atoms. The summed E-state index contributed by atoms with van der Waals surface area (Å²) >= 11 is 11.4. The van der Waals surface area contributed by atoms with E-state index in [9.17, 15) is 0 Å². The molecule has 0 bridgehead atoms. The van der Waals surface area contributed by atoms with E-state index in [-0.39, 0.29) is 10.9 Å². The van der Waals surface area contributed by atoms with E-state index in [2.05, 4.69) is 10.1 Å². The van der Waals surface area contributed by atoms with Crippen molar-refractivity contribution in [3.05, 3.63) is 28.0 Å². The van der Waals surface area contributed by atoms with Gasteiger partial charge >= 0.3 is 0 Å². The topological polar surface area (TPSA) is 75.1 Å². The first-order valence-electron chi connectivity index (χ1n) is 3.28. The van der Waals surface area contributed by atoms with Crippen LogP contribution < -0.4 is 5.84 Å². The summed E-state index contributed by atoms with van der Waals surface area (Å²) in [7, 11) is 0. The molecular weight excluding hydrogens is 211 g/mol. The summed E-state index contributed by atoms with van der Waals surface area (Å²) in [5, 5.41) is 11.0. The fourth-order valence-electron chi connectivity index (χ4n) is 0.781. The lowest BCUT2D eigenvalue weighted by molar-refractivity contribution is 1.24. The van der Waals surface area contributed by atoms with Crippen molar-refractivity contribution in [1.29, 1.82) is 5.41 Å². The molecule has 0 aliphatic heterocycles. The predicted molar refractivity (Wildman–Crippen MR) is 53.8 cm³/mol. The van der Waals surface area contributed by atoms with Gasteiger partial charge in [0.2, 0.25) is 0 Å². The van der Waals surface area contributed by atoms with Crippen LogP contribution in [0.5, 0.6) is 0 Å². The summed E-state index contributed by atoms with van der Waals surface area (Å²) in [4.78, 5) is 3.80. The molecule has 0 aromatic carbocycles. The van der Waals surface area contributed by atoms with E-state index in [0.29, 0.717) is 10.6 Å². The van der Waals surface area contributed by atoms with Gasteiger partial charge in [-0.2, -0.15) is 5.10 Å². The highest BCUT2D eigenvalue weighted by atomic mass is 35.5. The molecule has 0 aliphatic rings. The molecule has 1 rings (SSSR count). The second kappa shape index (κ2) is 4.20. The maximum absolute atomic E-state index is 6.99. The van der Waals surface area contributed by atoms with E-state index >= 15 is 0 Å². The summed E-state index contributed by atoms with van der Waals surface area (Å²) in [5.41, 5.74) is 0.748. The minimum absolute atomic E-state index is 0.258. The first-order valence-corrected chi connectivity index (χ1v) is 4.04. The molecule has 0 aliphatic carbocycles. The smallest absolute Gasteiger partial charge is 0.130 e. The number of pyridine rings is 1. The zero-order valence-electron chi connectivity index (χ0n) is 6.46. The molecule has 3 N–H and O–H groups in total. The van der Waals surface area contributed by atoms with E-state index in [1.165, 1.54) is 12.3 Å². The van der Waals surface area contributed by atoms with Crippen LogP contribution in [0.1, 0.15) is 5.56 Å². The Balaban J connectivity index is 3.22. The number of nitrogens with zero attached hydrogens (tertiary/aromatic N) is 2. The summed E-state index contributed by atoms with van der Waals surface area (Å²) < 4.78 is 0. The fourth-order valence-corrected chi connectivity index (χ4v) is 1.24. The highest BCUT2D eigenvalue weighted by Gasteiger charge is 2.06. The van der Waals surface area contributed by atoms with E-state index in [1.54, 1.807) is 0 Å². The Morgan fingerprint density at radius 2 is 2.31 bits per heavy atom. The van der Waals surface area contributed by atoms with Gasteiger partial charge < -0.3 is 11.3 Å². The van der Waals surface area contributed by atoms with Crippen molar-refractivity contribution >= 4 is 35.1 Å². The monoisotopic (exact) mass is 216 g/mol. The van der Waals surface area contributed by atoms with Crippen molar-refractivity contribution in [2.24, 2.45) is 10.9 Å². The largest absolute Gasteiger partial charge is 0.323 e. The van der Waals surface area contributed by atoms with Crippen molar-refractivity contribution in [3.63, 3.8) is 0 Å². The standard InChI is InChI=1S/C7H6Cl2N4/c8-5-1-7(9)12-3-4(5)6(2-10)13-11/h1-3,10H,11H2. The fraction of sp³-hybridized carbons (Fsp3) is 0. The zero-order chi connectivity index (χ0) is 9.84. The third-order valence-corrected chi connectivity index (χ3v) is 1.89. The van der Waals surface area contributed by atoms with Crippen LogP contribution in [0.15, 0.2) is 17.4 Å². The lowest BCUT2D eigenvalue weighted by Gasteiger charge is -2.01. The number of hydrazone groups is 1. The lowest BCUT2D eigenvalue weighted by Crippen LogP contribution is -2.06. The summed E-state index contributed by atoms with van der Waals surface area (Å²) in [6.45, 7) is 0. The van der Waals surface area contributed by atoms with Gasteiger partial charge in [0.05, 0.1) is 5.02 Å². The molecule has 0 atom stereocenters. The Hall–Kier alpha value is -1.13. The number of hydrogen-bond donors (Lipinski definition) is 2. The summed E-state index contributed by atoms with van der Waals surface area (Å²) in [6, 6.07) is 1.47. The third kappa shape index (κ3) is 2.17. The maximum Gasteiger partial charge on any atom is 0.130 e. The average Bonchev–Trinajstić information content (AvgIpc) is 2.10. The molecule has 0 amide bonds. The number of halogens is 2. The molecule has 0 spiro atoms. The third-order valence-electron chi connectivity index (χ3n) is 1.37. The first kappa shape index (κ1) is 9.95. The normalized spacial score (nSPS) is 11.4. The van der Waals surface area contributed by atoms with Gasteiger partial charge in [-0.1, -0.05) is 23.2 Å². The van der Waals surface area contributed by atoms with Crippen LogP contribution in [0.4, 0.5) is 0 Å². The molecule has 1 aromatic heterocycles. The van der Waals surface area contributed by atoms with Crippen LogP contribution in [0.2, 0.25) is 10.2 Å².